The van der Waals surface area contributed by atoms with Crippen LogP contribution in [0.4, 0.5) is 0 Å². The fourth-order valence-electron chi connectivity index (χ4n) is 2.80. The van der Waals surface area contributed by atoms with E-state index in [1.165, 1.54) is 36.3 Å². The second-order valence-corrected chi connectivity index (χ2v) is 6.74. The van der Waals surface area contributed by atoms with Crippen LogP contribution in [-0.4, -0.2) is 18.3 Å². The number of aryl methyl sites for hydroxylation is 2. The highest BCUT2D eigenvalue weighted by molar-refractivity contribution is 7.99. The summed E-state index contributed by atoms with van der Waals surface area (Å²) in [4.78, 5) is 1.45. The second kappa shape index (κ2) is 7.35. The van der Waals surface area contributed by atoms with Crippen molar-refractivity contribution in [3.63, 3.8) is 0 Å². The maximum atomic E-state index is 3.64. The van der Waals surface area contributed by atoms with Crippen LogP contribution in [-0.2, 0) is 12.8 Å². The van der Waals surface area contributed by atoms with E-state index in [0.717, 1.165) is 12.5 Å². The number of benzene rings is 1. The van der Waals surface area contributed by atoms with E-state index < -0.39 is 0 Å². The standard InChI is InChI=1S/C17H27NS/c1-4-13(3)17(18-5-2)12-19-16-10-9-14-7-6-8-15(14)11-16/h9-11,13,17-18H,4-8,12H2,1-3H3. The Hall–Kier alpha value is -0.470. The van der Waals surface area contributed by atoms with E-state index in [2.05, 4.69) is 44.3 Å². The van der Waals surface area contributed by atoms with Gasteiger partial charge in [-0.15, -0.1) is 11.8 Å². The summed E-state index contributed by atoms with van der Waals surface area (Å²) in [6.07, 6.45) is 5.16. The highest BCUT2D eigenvalue weighted by atomic mass is 32.2. The molecule has 2 rings (SSSR count). The van der Waals surface area contributed by atoms with Crippen LogP contribution < -0.4 is 5.32 Å². The van der Waals surface area contributed by atoms with Gasteiger partial charge in [-0.3, -0.25) is 0 Å². The number of hydrogen-bond donors (Lipinski definition) is 1. The van der Waals surface area contributed by atoms with E-state index in [0.29, 0.717) is 6.04 Å². The van der Waals surface area contributed by atoms with Gasteiger partial charge in [0, 0.05) is 16.7 Å². The van der Waals surface area contributed by atoms with Gasteiger partial charge in [0.2, 0.25) is 0 Å². The molecule has 0 heterocycles. The van der Waals surface area contributed by atoms with Crippen LogP contribution in [0.25, 0.3) is 0 Å². The monoisotopic (exact) mass is 277 g/mol. The predicted molar refractivity (Wildman–Crippen MR) is 86.1 cm³/mol. The third-order valence-corrected chi connectivity index (χ3v) is 5.41. The van der Waals surface area contributed by atoms with Crippen molar-refractivity contribution in [3.05, 3.63) is 29.3 Å². The van der Waals surface area contributed by atoms with Crippen LogP contribution in [0.1, 0.15) is 44.7 Å². The Kier molecular flexibility index (Phi) is 5.77. The van der Waals surface area contributed by atoms with Crippen molar-refractivity contribution in [2.24, 2.45) is 5.92 Å². The first-order valence-electron chi connectivity index (χ1n) is 7.72. The molecule has 0 spiro atoms. The fourth-order valence-corrected chi connectivity index (χ4v) is 4.00. The summed E-state index contributed by atoms with van der Waals surface area (Å²) in [5.74, 6) is 1.93. The van der Waals surface area contributed by atoms with Crippen LogP contribution in [0.2, 0.25) is 0 Å². The van der Waals surface area contributed by atoms with Crippen molar-refractivity contribution in [2.75, 3.05) is 12.3 Å². The van der Waals surface area contributed by atoms with Crippen molar-refractivity contribution >= 4 is 11.8 Å². The summed E-state index contributed by atoms with van der Waals surface area (Å²) in [6, 6.07) is 7.71. The van der Waals surface area contributed by atoms with E-state index in [4.69, 9.17) is 0 Å². The minimum Gasteiger partial charge on any atom is -0.313 e. The maximum absolute atomic E-state index is 3.64. The van der Waals surface area contributed by atoms with Crippen LogP contribution in [0, 0.1) is 5.92 Å². The summed E-state index contributed by atoms with van der Waals surface area (Å²) < 4.78 is 0. The van der Waals surface area contributed by atoms with E-state index >= 15 is 0 Å². The molecule has 0 aromatic heterocycles. The lowest BCUT2D eigenvalue weighted by Gasteiger charge is -2.23. The molecule has 0 aliphatic heterocycles. The van der Waals surface area contributed by atoms with Crippen molar-refractivity contribution in [3.8, 4) is 0 Å². The molecule has 106 valence electrons. The Morgan fingerprint density at radius 2 is 2.00 bits per heavy atom. The van der Waals surface area contributed by atoms with E-state index in [1.807, 2.05) is 11.8 Å². The number of thioether (sulfide) groups is 1. The van der Waals surface area contributed by atoms with E-state index in [9.17, 15) is 0 Å². The first kappa shape index (κ1) is 14.9. The molecule has 1 nitrogen and oxygen atoms in total. The molecule has 0 amide bonds. The molecule has 1 aliphatic carbocycles. The molecule has 0 bridgehead atoms. The van der Waals surface area contributed by atoms with Gasteiger partial charge < -0.3 is 5.32 Å². The number of fused-ring (bicyclic) bond motifs is 1. The third-order valence-electron chi connectivity index (χ3n) is 4.30. The predicted octanol–water partition coefficient (Wildman–Crippen LogP) is 4.29. The molecular weight excluding hydrogens is 250 g/mol. The molecule has 0 radical (unpaired) electrons. The van der Waals surface area contributed by atoms with Gasteiger partial charge in [-0.25, -0.2) is 0 Å². The van der Waals surface area contributed by atoms with Crippen LogP contribution in [0.5, 0.6) is 0 Å². The maximum Gasteiger partial charge on any atom is 0.0187 e. The summed E-state index contributed by atoms with van der Waals surface area (Å²) in [6.45, 7) is 7.92. The van der Waals surface area contributed by atoms with Gasteiger partial charge >= 0.3 is 0 Å². The molecule has 2 unspecified atom stereocenters. The van der Waals surface area contributed by atoms with Crippen LogP contribution >= 0.6 is 11.8 Å². The molecule has 1 aromatic rings. The lowest BCUT2D eigenvalue weighted by atomic mass is 10.0. The Bertz CT molecular complexity index is 402. The number of hydrogen-bond acceptors (Lipinski definition) is 2. The highest BCUT2D eigenvalue weighted by Crippen LogP contribution is 2.28. The first-order chi connectivity index (χ1) is 9.24. The Morgan fingerprint density at radius 3 is 2.74 bits per heavy atom. The van der Waals surface area contributed by atoms with Gasteiger partial charge in [0.25, 0.3) is 0 Å². The minimum atomic E-state index is 0.633. The Balaban J connectivity index is 1.93. The molecule has 0 saturated heterocycles. The molecule has 2 atom stereocenters. The zero-order valence-corrected chi connectivity index (χ0v) is 13.4. The molecule has 19 heavy (non-hydrogen) atoms. The van der Waals surface area contributed by atoms with Gasteiger partial charge in [0.05, 0.1) is 0 Å². The third kappa shape index (κ3) is 4.00. The smallest absolute Gasteiger partial charge is 0.0187 e. The van der Waals surface area contributed by atoms with Gasteiger partial charge in [-0.05, 0) is 55.0 Å². The molecule has 0 fully saturated rings. The van der Waals surface area contributed by atoms with Crippen molar-refractivity contribution < 1.29 is 0 Å². The van der Waals surface area contributed by atoms with Crippen LogP contribution in [0.3, 0.4) is 0 Å². The number of rotatable bonds is 7. The topological polar surface area (TPSA) is 12.0 Å². The fraction of sp³-hybridized carbons (Fsp3) is 0.647. The minimum absolute atomic E-state index is 0.633. The molecular formula is C17H27NS. The van der Waals surface area contributed by atoms with Crippen molar-refractivity contribution in [2.45, 2.75) is 57.4 Å². The van der Waals surface area contributed by atoms with E-state index in [1.54, 1.807) is 11.1 Å². The van der Waals surface area contributed by atoms with E-state index in [-0.39, 0.29) is 0 Å². The van der Waals surface area contributed by atoms with Gasteiger partial charge in [0.15, 0.2) is 0 Å². The lowest BCUT2D eigenvalue weighted by Crippen LogP contribution is -2.36. The van der Waals surface area contributed by atoms with Crippen molar-refractivity contribution in [1.82, 2.24) is 5.32 Å². The molecule has 2 heteroatoms. The quantitative estimate of drug-likeness (QED) is 0.746. The normalized spacial score (nSPS) is 17.2. The number of nitrogens with one attached hydrogen (secondary N) is 1. The summed E-state index contributed by atoms with van der Waals surface area (Å²) in [5.41, 5.74) is 3.17. The Morgan fingerprint density at radius 1 is 1.21 bits per heavy atom. The average molecular weight is 277 g/mol. The zero-order chi connectivity index (χ0) is 13.7. The van der Waals surface area contributed by atoms with Gasteiger partial charge in [-0.1, -0.05) is 33.3 Å². The van der Waals surface area contributed by atoms with Gasteiger partial charge in [-0.2, -0.15) is 0 Å². The van der Waals surface area contributed by atoms with Crippen LogP contribution in [0.15, 0.2) is 23.1 Å². The largest absolute Gasteiger partial charge is 0.313 e. The second-order valence-electron chi connectivity index (χ2n) is 5.64. The summed E-state index contributed by atoms with van der Waals surface area (Å²) in [7, 11) is 0. The highest BCUT2D eigenvalue weighted by Gasteiger charge is 2.16. The molecule has 1 N–H and O–H groups in total. The first-order valence-corrected chi connectivity index (χ1v) is 8.71. The SMILES string of the molecule is CCNC(CSc1ccc2c(c1)CCC2)C(C)CC. The average Bonchev–Trinajstić information content (AvgIpc) is 2.90. The molecule has 1 aliphatic rings. The van der Waals surface area contributed by atoms with Crippen molar-refractivity contribution in [1.29, 1.82) is 0 Å². The summed E-state index contributed by atoms with van der Waals surface area (Å²) in [5, 5.41) is 3.64. The molecule has 1 aromatic carbocycles. The Labute approximate surface area is 122 Å². The summed E-state index contributed by atoms with van der Waals surface area (Å²) >= 11 is 2.02. The lowest BCUT2D eigenvalue weighted by molar-refractivity contribution is 0.404. The van der Waals surface area contributed by atoms with Gasteiger partial charge in [0.1, 0.15) is 0 Å². The zero-order valence-electron chi connectivity index (χ0n) is 12.5. The molecule has 0 saturated carbocycles.